The summed E-state index contributed by atoms with van der Waals surface area (Å²) in [7, 11) is 0. The number of hydrogen-bond donors (Lipinski definition) is 1. The number of fused-ring (bicyclic) bond motifs is 1. The summed E-state index contributed by atoms with van der Waals surface area (Å²) in [6.07, 6.45) is 9.15. The number of aromatic nitrogens is 4. The number of carbonyl (C=O) groups is 2. The van der Waals surface area contributed by atoms with Gasteiger partial charge >= 0.3 is 0 Å². The molecule has 2 aromatic heterocycles. The van der Waals surface area contributed by atoms with Gasteiger partial charge in [-0.15, -0.1) is 0 Å². The van der Waals surface area contributed by atoms with Crippen molar-refractivity contribution < 1.29 is 9.59 Å². The van der Waals surface area contributed by atoms with Gasteiger partial charge in [0.25, 0.3) is 5.91 Å². The zero-order valence-corrected chi connectivity index (χ0v) is 16.5. The maximum Gasteiger partial charge on any atom is 0.274 e. The number of H-pyrrole nitrogens is 1. The van der Waals surface area contributed by atoms with Crippen molar-refractivity contribution in [2.75, 3.05) is 26.2 Å². The van der Waals surface area contributed by atoms with Crippen LogP contribution >= 0.6 is 0 Å². The molecule has 0 bridgehead atoms. The van der Waals surface area contributed by atoms with Crippen molar-refractivity contribution in [3.63, 3.8) is 0 Å². The lowest BCUT2D eigenvalue weighted by atomic mass is 9.95. The first-order chi connectivity index (χ1) is 13.6. The molecule has 8 heteroatoms. The summed E-state index contributed by atoms with van der Waals surface area (Å²) in [5.41, 5.74) is 3.90. The fourth-order valence-electron chi connectivity index (χ4n) is 4.14. The van der Waals surface area contributed by atoms with E-state index in [-0.39, 0.29) is 11.8 Å². The first kappa shape index (κ1) is 18.7. The fourth-order valence-corrected chi connectivity index (χ4v) is 4.14. The second-order valence-electron chi connectivity index (χ2n) is 7.79. The molecule has 1 fully saturated rings. The molecule has 0 aromatic carbocycles. The first-order valence-corrected chi connectivity index (χ1v) is 10.2. The minimum Gasteiger partial charge on any atom is -0.341 e. The van der Waals surface area contributed by atoms with Gasteiger partial charge in [0.1, 0.15) is 0 Å². The maximum absolute atomic E-state index is 13.0. The number of aromatic amines is 1. The Bertz CT molecular complexity index is 855. The van der Waals surface area contributed by atoms with E-state index in [1.54, 1.807) is 6.20 Å². The first-order valence-electron chi connectivity index (χ1n) is 10.2. The van der Waals surface area contributed by atoms with E-state index in [0.717, 1.165) is 48.9 Å². The van der Waals surface area contributed by atoms with E-state index in [0.29, 0.717) is 44.8 Å². The topological polar surface area (TPSA) is 87.1 Å². The van der Waals surface area contributed by atoms with Gasteiger partial charge in [0.05, 0.1) is 6.20 Å². The monoisotopic (exact) mass is 384 g/mol. The number of hydrogen-bond acceptors (Lipinski definition) is 4. The summed E-state index contributed by atoms with van der Waals surface area (Å²) >= 11 is 0. The van der Waals surface area contributed by atoms with E-state index in [9.17, 15) is 9.59 Å². The number of amides is 2. The Labute approximate surface area is 164 Å². The minimum atomic E-state index is 0.000662. The Balaban J connectivity index is 1.33. The second-order valence-corrected chi connectivity index (χ2v) is 7.79. The number of nitrogens with zero attached hydrogens (tertiary/aromatic N) is 5. The molecule has 1 aliphatic heterocycles. The molecule has 150 valence electrons. The highest BCUT2D eigenvalue weighted by Gasteiger charge is 2.27. The highest BCUT2D eigenvalue weighted by atomic mass is 16.2. The van der Waals surface area contributed by atoms with Crippen LogP contribution in [0.15, 0.2) is 12.4 Å². The molecule has 1 saturated heterocycles. The molecule has 0 spiro atoms. The number of aryl methyl sites for hydroxylation is 3. The van der Waals surface area contributed by atoms with Gasteiger partial charge in [-0.25, -0.2) is 0 Å². The Morgan fingerprint density at radius 1 is 1.07 bits per heavy atom. The summed E-state index contributed by atoms with van der Waals surface area (Å²) in [4.78, 5) is 29.3. The van der Waals surface area contributed by atoms with E-state index in [2.05, 4.69) is 15.3 Å². The summed E-state index contributed by atoms with van der Waals surface area (Å²) < 4.78 is 1.81. The molecule has 1 N–H and O–H groups in total. The Morgan fingerprint density at radius 3 is 2.68 bits per heavy atom. The van der Waals surface area contributed by atoms with E-state index >= 15 is 0 Å². The Hall–Kier alpha value is -2.64. The van der Waals surface area contributed by atoms with E-state index in [1.165, 1.54) is 0 Å². The number of carbonyl (C=O) groups excluding carboxylic acids is 2. The van der Waals surface area contributed by atoms with Gasteiger partial charge in [-0.3, -0.25) is 19.4 Å². The summed E-state index contributed by atoms with van der Waals surface area (Å²) in [6.45, 7) is 5.08. The van der Waals surface area contributed by atoms with E-state index < -0.39 is 0 Å². The van der Waals surface area contributed by atoms with Crippen LogP contribution in [0.5, 0.6) is 0 Å². The molecule has 0 atom stereocenters. The number of rotatable bonds is 4. The molecular formula is C20H28N6O2. The molecule has 1 aliphatic carbocycles. The average Bonchev–Trinajstić information content (AvgIpc) is 3.24. The lowest BCUT2D eigenvalue weighted by Gasteiger charge is -2.22. The summed E-state index contributed by atoms with van der Waals surface area (Å²) in [5.74, 6) is 0.125. The fraction of sp³-hybridized carbons (Fsp3) is 0.600. The zero-order chi connectivity index (χ0) is 19.5. The van der Waals surface area contributed by atoms with Gasteiger partial charge < -0.3 is 9.80 Å². The Morgan fingerprint density at radius 2 is 1.86 bits per heavy atom. The lowest BCUT2D eigenvalue weighted by Crippen LogP contribution is -2.38. The molecule has 0 unspecified atom stereocenters. The van der Waals surface area contributed by atoms with E-state index in [1.807, 2.05) is 27.6 Å². The lowest BCUT2D eigenvalue weighted by molar-refractivity contribution is -0.131. The summed E-state index contributed by atoms with van der Waals surface area (Å²) in [6, 6.07) is 0. The molecule has 28 heavy (non-hydrogen) atoms. The molecule has 8 nitrogen and oxygen atoms in total. The predicted molar refractivity (Wildman–Crippen MR) is 104 cm³/mol. The van der Waals surface area contributed by atoms with Crippen LogP contribution in [0.25, 0.3) is 0 Å². The van der Waals surface area contributed by atoms with Crippen LogP contribution in [0.1, 0.15) is 53.0 Å². The van der Waals surface area contributed by atoms with Gasteiger partial charge in [-0.1, -0.05) is 0 Å². The Kier molecular flexibility index (Phi) is 5.45. The second kappa shape index (κ2) is 8.16. The standard InChI is InChI=1S/C20H28N6O2/c1-15-13-21-26(14-15)10-7-18(27)24-8-4-9-25(12-11-24)20(28)19-16-5-2-3-6-17(16)22-23-19/h13-14H,2-12H2,1H3,(H,22,23). The molecule has 2 amide bonds. The van der Waals surface area contributed by atoms with Crippen LogP contribution in [-0.4, -0.2) is 67.8 Å². The van der Waals surface area contributed by atoms with Crippen molar-refractivity contribution >= 4 is 11.8 Å². The van der Waals surface area contributed by atoms with Crippen LogP contribution in [0.3, 0.4) is 0 Å². The highest BCUT2D eigenvalue weighted by Crippen LogP contribution is 2.23. The van der Waals surface area contributed by atoms with Crippen LogP contribution in [-0.2, 0) is 24.2 Å². The largest absolute Gasteiger partial charge is 0.341 e. The van der Waals surface area contributed by atoms with Gasteiger partial charge in [0, 0.05) is 56.6 Å². The normalized spacial score (nSPS) is 17.3. The van der Waals surface area contributed by atoms with Crippen molar-refractivity contribution in [1.29, 1.82) is 0 Å². The molecule has 3 heterocycles. The highest BCUT2D eigenvalue weighted by molar-refractivity contribution is 5.94. The van der Waals surface area contributed by atoms with Gasteiger partial charge in [0.2, 0.25) is 5.91 Å². The van der Waals surface area contributed by atoms with Crippen LogP contribution < -0.4 is 0 Å². The van der Waals surface area contributed by atoms with Crippen LogP contribution in [0.4, 0.5) is 0 Å². The van der Waals surface area contributed by atoms with Crippen molar-refractivity contribution in [2.24, 2.45) is 0 Å². The zero-order valence-electron chi connectivity index (χ0n) is 16.5. The number of nitrogens with one attached hydrogen (secondary N) is 1. The molecule has 2 aliphatic rings. The van der Waals surface area contributed by atoms with Crippen molar-refractivity contribution in [2.45, 2.75) is 52.0 Å². The third-order valence-corrected chi connectivity index (χ3v) is 5.71. The van der Waals surface area contributed by atoms with Crippen LogP contribution in [0.2, 0.25) is 0 Å². The third kappa shape index (κ3) is 3.95. The molecule has 2 aromatic rings. The average molecular weight is 384 g/mol. The smallest absolute Gasteiger partial charge is 0.274 e. The molecular weight excluding hydrogens is 356 g/mol. The van der Waals surface area contributed by atoms with E-state index in [4.69, 9.17) is 0 Å². The van der Waals surface area contributed by atoms with Crippen molar-refractivity contribution in [1.82, 2.24) is 29.8 Å². The van der Waals surface area contributed by atoms with Gasteiger partial charge in [0.15, 0.2) is 5.69 Å². The van der Waals surface area contributed by atoms with Crippen LogP contribution in [0, 0.1) is 6.92 Å². The molecule has 4 rings (SSSR count). The summed E-state index contributed by atoms with van der Waals surface area (Å²) in [5, 5.41) is 11.6. The third-order valence-electron chi connectivity index (χ3n) is 5.71. The SMILES string of the molecule is Cc1cnn(CCC(=O)N2CCCN(C(=O)c3n[nH]c4c3CCCC4)CC2)c1. The predicted octanol–water partition coefficient (Wildman–Crippen LogP) is 1.56. The van der Waals surface area contributed by atoms with Gasteiger partial charge in [-0.2, -0.15) is 10.2 Å². The maximum atomic E-state index is 13.0. The van der Waals surface area contributed by atoms with Crippen molar-refractivity contribution in [3.05, 3.63) is 34.9 Å². The van der Waals surface area contributed by atoms with Crippen molar-refractivity contribution in [3.8, 4) is 0 Å². The van der Waals surface area contributed by atoms with Gasteiger partial charge in [-0.05, 0) is 44.6 Å². The molecule has 0 radical (unpaired) electrons. The minimum absolute atomic E-state index is 0.000662. The molecule has 0 saturated carbocycles. The quantitative estimate of drug-likeness (QED) is 0.867.